The normalized spacial score (nSPS) is 11.5. The van der Waals surface area contributed by atoms with Crippen molar-refractivity contribution in [3.63, 3.8) is 0 Å². The smallest absolute Gasteiger partial charge is 0.228 e. The van der Waals surface area contributed by atoms with Crippen molar-refractivity contribution in [3.8, 4) is 0 Å². The molecule has 0 bridgehead atoms. The molecule has 4 N–H and O–H groups in total. The second-order valence-electron chi connectivity index (χ2n) is 3.24. The van der Waals surface area contributed by atoms with Crippen molar-refractivity contribution < 1.29 is 4.52 Å². The Morgan fingerprint density at radius 3 is 3.12 bits per heavy atom. The molecular weight excluding hydrogens is 208 g/mol. The third kappa shape index (κ3) is 4.74. The lowest BCUT2D eigenvalue weighted by Crippen LogP contribution is -2.42. The molecule has 16 heavy (non-hydrogen) atoms. The molecule has 0 atom stereocenters. The van der Waals surface area contributed by atoms with Crippen LogP contribution >= 0.6 is 0 Å². The van der Waals surface area contributed by atoms with E-state index in [9.17, 15) is 0 Å². The van der Waals surface area contributed by atoms with Crippen LogP contribution in [-0.4, -0.2) is 29.2 Å². The minimum atomic E-state index is 0.591. The van der Waals surface area contributed by atoms with Gasteiger partial charge in [0.05, 0.1) is 0 Å². The first-order valence-corrected chi connectivity index (χ1v) is 5.37. The lowest BCUT2D eigenvalue weighted by atomic mass is 10.3. The molecule has 0 aliphatic heterocycles. The van der Waals surface area contributed by atoms with Crippen LogP contribution in [0.1, 0.15) is 25.7 Å². The van der Waals surface area contributed by atoms with Gasteiger partial charge in [-0.2, -0.15) is 4.98 Å². The molecule has 7 nitrogen and oxygen atoms in total. The quantitative estimate of drug-likeness (QED) is 0.204. The number of hydrogen-bond donors (Lipinski definition) is 3. The monoisotopic (exact) mass is 226 g/mol. The van der Waals surface area contributed by atoms with E-state index in [0.717, 1.165) is 19.4 Å². The van der Waals surface area contributed by atoms with E-state index in [1.54, 1.807) is 0 Å². The Morgan fingerprint density at radius 1 is 1.62 bits per heavy atom. The van der Waals surface area contributed by atoms with E-state index in [1.165, 1.54) is 6.33 Å². The van der Waals surface area contributed by atoms with Crippen LogP contribution in [0.15, 0.2) is 15.8 Å². The molecule has 0 fully saturated rings. The summed E-state index contributed by atoms with van der Waals surface area (Å²) in [7, 11) is 0. The van der Waals surface area contributed by atoms with Gasteiger partial charge in [0.1, 0.15) is 0 Å². The SMILES string of the molecule is CCCCN=C(NN)NCCc1ncno1. The number of aromatic nitrogens is 2. The molecule has 0 amide bonds. The number of aliphatic imine (C=N–C) groups is 1. The zero-order valence-corrected chi connectivity index (χ0v) is 9.44. The number of hydrazine groups is 1. The molecule has 0 saturated heterocycles. The zero-order valence-electron chi connectivity index (χ0n) is 9.44. The molecule has 90 valence electrons. The first kappa shape index (κ1) is 12.4. The van der Waals surface area contributed by atoms with Crippen LogP contribution in [0.3, 0.4) is 0 Å². The van der Waals surface area contributed by atoms with E-state index >= 15 is 0 Å². The Balaban J connectivity index is 2.20. The van der Waals surface area contributed by atoms with Crippen molar-refractivity contribution in [2.24, 2.45) is 10.8 Å². The fourth-order valence-electron chi connectivity index (χ4n) is 1.10. The highest BCUT2D eigenvalue weighted by Crippen LogP contribution is 1.90. The highest BCUT2D eigenvalue weighted by molar-refractivity contribution is 5.79. The van der Waals surface area contributed by atoms with Gasteiger partial charge in [-0.25, -0.2) is 5.84 Å². The number of hydrogen-bond acceptors (Lipinski definition) is 5. The number of guanidine groups is 1. The van der Waals surface area contributed by atoms with Gasteiger partial charge >= 0.3 is 0 Å². The summed E-state index contributed by atoms with van der Waals surface area (Å²) in [4.78, 5) is 8.16. The second-order valence-corrected chi connectivity index (χ2v) is 3.24. The van der Waals surface area contributed by atoms with Crippen LogP contribution in [0, 0.1) is 0 Å². The van der Waals surface area contributed by atoms with Crippen molar-refractivity contribution in [1.82, 2.24) is 20.9 Å². The lowest BCUT2D eigenvalue weighted by Gasteiger charge is -2.07. The predicted octanol–water partition coefficient (Wildman–Crippen LogP) is -0.179. The van der Waals surface area contributed by atoms with E-state index in [-0.39, 0.29) is 0 Å². The number of nitrogens with two attached hydrogens (primary N) is 1. The van der Waals surface area contributed by atoms with Crippen LogP contribution in [-0.2, 0) is 6.42 Å². The van der Waals surface area contributed by atoms with Gasteiger partial charge in [0.15, 0.2) is 6.33 Å². The average molecular weight is 226 g/mol. The van der Waals surface area contributed by atoms with Gasteiger partial charge in [-0.3, -0.25) is 10.4 Å². The number of rotatable bonds is 6. The first-order valence-electron chi connectivity index (χ1n) is 5.37. The van der Waals surface area contributed by atoms with E-state index in [4.69, 9.17) is 10.4 Å². The molecule has 1 aromatic heterocycles. The molecule has 0 unspecified atom stereocenters. The Labute approximate surface area is 94.5 Å². The third-order valence-corrected chi connectivity index (χ3v) is 1.96. The molecule has 0 spiro atoms. The van der Waals surface area contributed by atoms with E-state index in [2.05, 4.69) is 32.8 Å². The van der Waals surface area contributed by atoms with Crippen molar-refractivity contribution in [2.45, 2.75) is 26.2 Å². The minimum Gasteiger partial charge on any atom is -0.355 e. The highest BCUT2D eigenvalue weighted by Gasteiger charge is 1.99. The molecule has 1 aromatic rings. The molecule has 0 saturated carbocycles. The number of nitrogens with zero attached hydrogens (tertiary/aromatic N) is 3. The van der Waals surface area contributed by atoms with E-state index in [1.807, 2.05) is 0 Å². The number of nitrogens with one attached hydrogen (secondary N) is 2. The molecule has 1 heterocycles. The van der Waals surface area contributed by atoms with Gasteiger partial charge in [-0.05, 0) is 6.42 Å². The molecule has 7 heteroatoms. The summed E-state index contributed by atoms with van der Waals surface area (Å²) < 4.78 is 4.85. The van der Waals surface area contributed by atoms with Gasteiger partial charge in [0.25, 0.3) is 0 Å². The average Bonchev–Trinajstić information content (AvgIpc) is 2.80. The van der Waals surface area contributed by atoms with Gasteiger partial charge in [0.2, 0.25) is 11.9 Å². The van der Waals surface area contributed by atoms with Gasteiger partial charge < -0.3 is 9.84 Å². The van der Waals surface area contributed by atoms with Crippen LogP contribution in [0.4, 0.5) is 0 Å². The Morgan fingerprint density at radius 2 is 2.50 bits per heavy atom. The Hall–Kier alpha value is -1.63. The van der Waals surface area contributed by atoms with E-state index < -0.39 is 0 Å². The van der Waals surface area contributed by atoms with Crippen LogP contribution < -0.4 is 16.6 Å². The minimum absolute atomic E-state index is 0.591. The van der Waals surface area contributed by atoms with E-state index in [0.29, 0.717) is 24.8 Å². The fraction of sp³-hybridized carbons (Fsp3) is 0.667. The first-order chi connectivity index (χ1) is 7.86. The van der Waals surface area contributed by atoms with Crippen LogP contribution in [0.5, 0.6) is 0 Å². The maximum atomic E-state index is 5.32. The molecule has 0 aliphatic rings. The van der Waals surface area contributed by atoms with Crippen molar-refractivity contribution >= 4 is 5.96 Å². The molecular formula is C9H18N6O. The summed E-state index contributed by atoms with van der Waals surface area (Å²) in [5, 5.41) is 6.57. The predicted molar refractivity (Wildman–Crippen MR) is 60.5 cm³/mol. The van der Waals surface area contributed by atoms with Gasteiger partial charge in [-0.15, -0.1) is 0 Å². The summed E-state index contributed by atoms with van der Waals surface area (Å²) in [6.07, 6.45) is 4.20. The molecule has 0 aromatic carbocycles. The van der Waals surface area contributed by atoms with Crippen molar-refractivity contribution in [1.29, 1.82) is 0 Å². The van der Waals surface area contributed by atoms with Gasteiger partial charge in [0, 0.05) is 19.5 Å². The zero-order chi connectivity index (χ0) is 11.6. The number of unbranched alkanes of at least 4 members (excludes halogenated alkanes) is 1. The molecule has 0 radical (unpaired) electrons. The maximum absolute atomic E-state index is 5.32. The summed E-state index contributed by atoms with van der Waals surface area (Å²) in [5.74, 6) is 6.51. The molecule has 1 rings (SSSR count). The van der Waals surface area contributed by atoms with Crippen LogP contribution in [0.25, 0.3) is 0 Å². The summed E-state index contributed by atoms with van der Waals surface area (Å²) in [5.41, 5.74) is 2.51. The molecule has 0 aliphatic carbocycles. The topological polar surface area (TPSA) is 101 Å². The maximum Gasteiger partial charge on any atom is 0.228 e. The van der Waals surface area contributed by atoms with Crippen LogP contribution in [0.2, 0.25) is 0 Å². The second kappa shape index (κ2) is 7.63. The summed E-state index contributed by atoms with van der Waals surface area (Å²) in [6, 6.07) is 0. The Kier molecular flexibility index (Phi) is 5.94. The largest absolute Gasteiger partial charge is 0.355 e. The Bertz CT molecular complexity index is 297. The van der Waals surface area contributed by atoms with Crippen molar-refractivity contribution in [2.75, 3.05) is 13.1 Å². The van der Waals surface area contributed by atoms with Gasteiger partial charge in [-0.1, -0.05) is 18.5 Å². The lowest BCUT2D eigenvalue weighted by molar-refractivity contribution is 0.377. The summed E-state index contributed by atoms with van der Waals surface area (Å²) in [6.45, 7) is 3.54. The summed E-state index contributed by atoms with van der Waals surface area (Å²) >= 11 is 0. The highest BCUT2D eigenvalue weighted by atomic mass is 16.5. The fourth-order valence-corrected chi connectivity index (χ4v) is 1.10. The standard InChI is InChI=1S/C9H18N6O/c1-2-3-5-11-9(15-10)12-6-4-8-13-7-14-16-8/h7H,2-6,10H2,1H3,(H2,11,12,15). The third-order valence-electron chi connectivity index (χ3n) is 1.96. The van der Waals surface area contributed by atoms with Crippen molar-refractivity contribution in [3.05, 3.63) is 12.2 Å².